The molecule has 0 bridgehead atoms. The zero-order valence-corrected chi connectivity index (χ0v) is 17.3. The summed E-state index contributed by atoms with van der Waals surface area (Å²) in [4.78, 5) is 41.1. The van der Waals surface area contributed by atoms with Gasteiger partial charge in [0, 0.05) is 36.7 Å². The van der Waals surface area contributed by atoms with E-state index < -0.39 is 11.9 Å². The van der Waals surface area contributed by atoms with Crippen LogP contribution in [0.3, 0.4) is 0 Å². The van der Waals surface area contributed by atoms with Crippen molar-refractivity contribution in [3.63, 3.8) is 0 Å². The number of Topliss-reactive ketones (excluding diaryl/α,β-unsaturated/α-hetero) is 1. The summed E-state index contributed by atoms with van der Waals surface area (Å²) in [7, 11) is 1.31. The minimum atomic E-state index is -0.600. The average Bonchev–Trinajstić information content (AvgIpc) is 2.66. The number of nitrogens with zero attached hydrogens (tertiary/aromatic N) is 1. The summed E-state index contributed by atoms with van der Waals surface area (Å²) in [6, 6.07) is 7.71. The van der Waals surface area contributed by atoms with Gasteiger partial charge in [-0.15, -0.1) is 0 Å². The fourth-order valence-corrected chi connectivity index (χ4v) is 4.83. The number of nitrogens with one attached hydrogen (secondary N) is 1. The standard InChI is InChI=1S/C23H26N2O4/c1-13-7-5-6-8-14(13)17-18-15(11-23(2,3)12-16(18)26)25-10-9-24-21(27)20(25)19(17)22(28)29-4/h5-8,17H,9-12H2,1-4H3,(H,24,27). The molecule has 6 heteroatoms. The van der Waals surface area contributed by atoms with Crippen LogP contribution < -0.4 is 5.32 Å². The van der Waals surface area contributed by atoms with E-state index in [0.29, 0.717) is 37.2 Å². The Morgan fingerprint density at radius 3 is 2.62 bits per heavy atom. The van der Waals surface area contributed by atoms with E-state index in [-0.39, 0.29) is 22.7 Å². The third-order valence-electron chi connectivity index (χ3n) is 6.07. The van der Waals surface area contributed by atoms with E-state index in [1.807, 2.05) is 36.1 Å². The molecule has 0 saturated carbocycles. The van der Waals surface area contributed by atoms with E-state index in [1.54, 1.807) is 0 Å². The number of hydrogen-bond acceptors (Lipinski definition) is 5. The number of aryl methyl sites for hydroxylation is 1. The number of amides is 1. The number of carbonyl (C=O) groups excluding carboxylic acids is 3. The quantitative estimate of drug-likeness (QED) is 0.781. The topological polar surface area (TPSA) is 75.7 Å². The Bertz CT molecular complexity index is 986. The van der Waals surface area contributed by atoms with Crippen molar-refractivity contribution < 1.29 is 19.1 Å². The van der Waals surface area contributed by atoms with Gasteiger partial charge in [-0.2, -0.15) is 0 Å². The summed E-state index contributed by atoms with van der Waals surface area (Å²) in [6.45, 7) is 7.10. The number of hydrogen-bond donors (Lipinski definition) is 1. The Kier molecular flexibility index (Phi) is 4.60. The predicted octanol–water partition coefficient (Wildman–Crippen LogP) is 2.59. The van der Waals surface area contributed by atoms with Crippen molar-refractivity contribution in [2.75, 3.05) is 20.2 Å². The minimum Gasteiger partial charge on any atom is -0.466 e. The molecule has 1 aliphatic carbocycles. The van der Waals surface area contributed by atoms with Gasteiger partial charge in [0.2, 0.25) is 0 Å². The van der Waals surface area contributed by atoms with Gasteiger partial charge < -0.3 is 15.0 Å². The van der Waals surface area contributed by atoms with E-state index >= 15 is 0 Å². The van der Waals surface area contributed by atoms with Gasteiger partial charge in [0.05, 0.1) is 12.7 Å². The lowest BCUT2D eigenvalue weighted by Crippen LogP contribution is -2.51. The molecule has 2 heterocycles. The molecule has 4 rings (SSSR count). The lowest BCUT2D eigenvalue weighted by atomic mass is 9.67. The summed E-state index contributed by atoms with van der Waals surface area (Å²) < 4.78 is 5.10. The smallest absolute Gasteiger partial charge is 0.337 e. The van der Waals surface area contributed by atoms with E-state index in [9.17, 15) is 14.4 Å². The minimum absolute atomic E-state index is 0.0379. The first-order valence-corrected chi connectivity index (χ1v) is 9.95. The fraction of sp³-hybridized carbons (Fsp3) is 0.435. The molecule has 1 saturated heterocycles. The molecule has 0 spiro atoms. The van der Waals surface area contributed by atoms with Crippen LogP contribution in [0.15, 0.2) is 46.8 Å². The molecule has 152 valence electrons. The molecular weight excluding hydrogens is 368 g/mol. The Labute approximate surface area is 170 Å². The summed E-state index contributed by atoms with van der Waals surface area (Å²) in [5.74, 6) is -1.43. The molecule has 0 radical (unpaired) electrons. The number of ether oxygens (including phenoxy) is 1. The Hall–Kier alpha value is -2.89. The number of methoxy groups -OCH3 is 1. The highest BCUT2D eigenvalue weighted by atomic mass is 16.5. The average molecular weight is 394 g/mol. The maximum absolute atomic E-state index is 13.4. The zero-order chi connectivity index (χ0) is 20.9. The zero-order valence-electron chi connectivity index (χ0n) is 17.3. The van der Waals surface area contributed by atoms with Crippen molar-refractivity contribution in [2.45, 2.75) is 39.5 Å². The number of ketones is 1. The molecule has 1 unspecified atom stereocenters. The lowest BCUT2D eigenvalue weighted by Gasteiger charge is -2.46. The molecule has 1 fully saturated rings. The molecule has 1 aromatic rings. The van der Waals surface area contributed by atoms with Crippen LogP contribution in [0.1, 0.15) is 43.7 Å². The summed E-state index contributed by atoms with van der Waals surface area (Å²) in [5, 5.41) is 2.85. The molecule has 1 N–H and O–H groups in total. The first kappa shape index (κ1) is 19.4. The lowest BCUT2D eigenvalue weighted by molar-refractivity contribution is -0.137. The molecule has 0 aromatic heterocycles. The highest BCUT2D eigenvalue weighted by Gasteiger charge is 2.48. The van der Waals surface area contributed by atoms with Crippen LogP contribution in [0.5, 0.6) is 0 Å². The number of allylic oxidation sites excluding steroid dienone is 2. The van der Waals surface area contributed by atoms with Crippen molar-refractivity contribution in [1.29, 1.82) is 0 Å². The SMILES string of the molecule is COC(=O)C1=C2C(=O)NCCN2C2=C(C(=O)CC(C)(C)C2)C1c1ccccc1C. The largest absolute Gasteiger partial charge is 0.466 e. The van der Waals surface area contributed by atoms with E-state index in [1.165, 1.54) is 7.11 Å². The van der Waals surface area contributed by atoms with E-state index in [2.05, 4.69) is 19.2 Å². The van der Waals surface area contributed by atoms with Gasteiger partial charge in [-0.05, 0) is 29.9 Å². The fourth-order valence-electron chi connectivity index (χ4n) is 4.83. The van der Waals surface area contributed by atoms with Crippen LogP contribution in [0.25, 0.3) is 0 Å². The van der Waals surface area contributed by atoms with Crippen LogP contribution in [0.4, 0.5) is 0 Å². The Balaban J connectivity index is 2.05. The maximum atomic E-state index is 13.4. The van der Waals surface area contributed by atoms with Gasteiger partial charge in [-0.1, -0.05) is 38.1 Å². The molecule has 1 atom stereocenters. The molecule has 29 heavy (non-hydrogen) atoms. The second kappa shape index (κ2) is 6.87. The van der Waals surface area contributed by atoms with Crippen molar-refractivity contribution >= 4 is 17.7 Å². The number of esters is 1. The second-order valence-electron chi connectivity index (χ2n) is 8.75. The van der Waals surface area contributed by atoms with Crippen molar-refractivity contribution in [1.82, 2.24) is 10.2 Å². The van der Waals surface area contributed by atoms with Gasteiger partial charge in [-0.25, -0.2) is 4.79 Å². The van der Waals surface area contributed by atoms with Crippen molar-refractivity contribution in [3.05, 3.63) is 57.9 Å². The third-order valence-corrected chi connectivity index (χ3v) is 6.07. The third kappa shape index (κ3) is 3.07. The normalized spacial score (nSPS) is 23.4. The number of carbonyl (C=O) groups is 3. The monoisotopic (exact) mass is 394 g/mol. The van der Waals surface area contributed by atoms with Crippen LogP contribution in [0.2, 0.25) is 0 Å². The van der Waals surface area contributed by atoms with Crippen molar-refractivity contribution in [3.8, 4) is 0 Å². The number of fused-ring (bicyclic) bond motifs is 2. The van der Waals surface area contributed by atoms with Gasteiger partial charge in [0.1, 0.15) is 5.70 Å². The number of piperazine rings is 1. The summed E-state index contributed by atoms with van der Waals surface area (Å²) >= 11 is 0. The summed E-state index contributed by atoms with van der Waals surface area (Å²) in [6.07, 6.45) is 1.10. The molecular formula is C23H26N2O4. The van der Waals surface area contributed by atoms with Crippen LogP contribution in [-0.2, 0) is 19.1 Å². The first-order chi connectivity index (χ1) is 13.7. The molecule has 1 aromatic carbocycles. The molecule has 1 amide bonds. The van der Waals surface area contributed by atoms with E-state index in [0.717, 1.165) is 16.8 Å². The highest BCUT2D eigenvalue weighted by Crippen LogP contribution is 2.50. The second-order valence-corrected chi connectivity index (χ2v) is 8.75. The Morgan fingerprint density at radius 1 is 1.21 bits per heavy atom. The number of benzene rings is 1. The van der Waals surface area contributed by atoms with E-state index in [4.69, 9.17) is 4.74 Å². The van der Waals surface area contributed by atoms with Gasteiger partial charge >= 0.3 is 5.97 Å². The highest BCUT2D eigenvalue weighted by molar-refractivity contribution is 6.09. The van der Waals surface area contributed by atoms with Crippen molar-refractivity contribution in [2.24, 2.45) is 5.41 Å². The van der Waals surface area contributed by atoms with Crippen LogP contribution in [-0.4, -0.2) is 42.8 Å². The first-order valence-electron chi connectivity index (χ1n) is 9.95. The molecule has 2 aliphatic heterocycles. The maximum Gasteiger partial charge on any atom is 0.337 e. The Morgan fingerprint density at radius 2 is 1.93 bits per heavy atom. The predicted molar refractivity (Wildman–Crippen MR) is 108 cm³/mol. The molecule has 6 nitrogen and oxygen atoms in total. The summed E-state index contributed by atoms with van der Waals surface area (Å²) in [5.41, 5.74) is 3.71. The van der Waals surface area contributed by atoms with Gasteiger partial charge in [0.25, 0.3) is 5.91 Å². The number of rotatable bonds is 2. The van der Waals surface area contributed by atoms with Gasteiger partial charge in [-0.3, -0.25) is 9.59 Å². The van der Waals surface area contributed by atoms with Crippen LogP contribution in [0, 0.1) is 12.3 Å². The van der Waals surface area contributed by atoms with Crippen LogP contribution >= 0.6 is 0 Å². The van der Waals surface area contributed by atoms with Gasteiger partial charge in [0.15, 0.2) is 5.78 Å². The molecule has 3 aliphatic rings.